The van der Waals surface area contributed by atoms with Gasteiger partial charge in [0.25, 0.3) is 0 Å². The fraction of sp³-hybridized carbons (Fsp3) is 0.130. The zero-order valence-electron chi connectivity index (χ0n) is 27.5. The molecule has 0 aliphatic heterocycles. The molecule has 2 heteroatoms. The van der Waals surface area contributed by atoms with E-state index in [2.05, 4.69) is 88.4 Å². The molecule has 48 heavy (non-hydrogen) atoms. The molecule has 9 rings (SSSR count). The first-order chi connectivity index (χ1) is 23.2. The van der Waals surface area contributed by atoms with E-state index in [9.17, 15) is 9.59 Å². The molecule has 0 bridgehead atoms. The predicted octanol–water partition coefficient (Wildman–Crippen LogP) is 11.1. The Balaban J connectivity index is 1.29. The second-order valence-electron chi connectivity index (χ2n) is 14.4. The SMILES string of the molecule is CC1(C)c2cc3c(cc2-c2c1cc(C(=O)c1ccccc1)c1ccccc21)C(C)(C)c1cc(C(=O)c2ccccc2)c2ccccc2c1-3. The molecule has 0 fully saturated rings. The summed E-state index contributed by atoms with van der Waals surface area (Å²) in [6.45, 7) is 9.15. The van der Waals surface area contributed by atoms with Crippen LogP contribution in [0.2, 0.25) is 0 Å². The Morgan fingerprint density at radius 2 is 0.729 bits per heavy atom. The van der Waals surface area contributed by atoms with Crippen LogP contribution in [-0.4, -0.2) is 11.6 Å². The maximum Gasteiger partial charge on any atom is 0.193 e. The van der Waals surface area contributed by atoms with Crippen LogP contribution < -0.4 is 0 Å². The first-order valence-electron chi connectivity index (χ1n) is 16.7. The van der Waals surface area contributed by atoms with E-state index in [-0.39, 0.29) is 22.4 Å². The molecule has 2 aliphatic rings. The molecule has 2 nitrogen and oxygen atoms in total. The number of carbonyl (C=O) groups excluding carboxylic acids is 2. The molecule has 0 atom stereocenters. The van der Waals surface area contributed by atoms with E-state index in [4.69, 9.17) is 0 Å². The van der Waals surface area contributed by atoms with Crippen LogP contribution in [0, 0.1) is 0 Å². The largest absolute Gasteiger partial charge is 0.289 e. The summed E-state index contributed by atoms with van der Waals surface area (Å²) < 4.78 is 0. The lowest BCUT2D eigenvalue weighted by Gasteiger charge is -2.24. The fourth-order valence-corrected chi connectivity index (χ4v) is 8.52. The Hall–Kier alpha value is -5.60. The van der Waals surface area contributed by atoms with Crippen molar-refractivity contribution in [2.45, 2.75) is 38.5 Å². The van der Waals surface area contributed by atoms with Gasteiger partial charge < -0.3 is 0 Å². The van der Waals surface area contributed by atoms with E-state index in [1.165, 1.54) is 44.5 Å². The second kappa shape index (κ2) is 9.95. The topological polar surface area (TPSA) is 34.1 Å². The lowest BCUT2D eigenvalue weighted by atomic mass is 9.78. The van der Waals surface area contributed by atoms with Gasteiger partial charge in [-0.15, -0.1) is 0 Å². The van der Waals surface area contributed by atoms with Crippen molar-refractivity contribution in [3.05, 3.63) is 178 Å². The highest BCUT2D eigenvalue weighted by molar-refractivity contribution is 6.21. The van der Waals surface area contributed by atoms with Gasteiger partial charge in [-0.25, -0.2) is 0 Å². The summed E-state index contributed by atoms with van der Waals surface area (Å²) >= 11 is 0. The van der Waals surface area contributed by atoms with Crippen LogP contribution in [-0.2, 0) is 10.8 Å². The van der Waals surface area contributed by atoms with Crippen LogP contribution in [0.15, 0.2) is 133 Å². The van der Waals surface area contributed by atoms with E-state index >= 15 is 0 Å². The summed E-state index contributed by atoms with van der Waals surface area (Å²) in [4.78, 5) is 28.0. The molecule has 7 aromatic carbocycles. The van der Waals surface area contributed by atoms with E-state index in [0.717, 1.165) is 32.7 Å². The molecule has 0 radical (unpaired) electrons. The summed E-state index contributed by atoms with van der Waals surface area (Å²) in [5.41, 5.74) is 12.0. The van der Waals surface area contributed by atoms with Gasteiger partial charge in [0, 0.05) is 33.1 Å². The number of carbonyl (C=O) groups is 2. The molecule has 0 heterocycles. The average molecular weight is 619 g/mol. The predicted molar refractivity (Wildman–Crippen MR) is 196 cm³/mol. The lowest BCUT2D eigenvalue weighted by molar-refractivity contribution is 0.103. The van der Waals surface area contributed by atoms with Crippen molar-refractivity contribution in [2.75, 3.05) is 0 Å². The standard InChI is InChI=1S/C46H34O2/c1-45(2)37-25-36-38(26-35(37)41-31-21-13-11-19-29(31)33(23-39(41)45)43(47)27-15-7-5-8-16-27)46(3,4)40-24-34(44(48)28-17-9-6-10-18-28)30-20-12-14-22-32(30)42(36)40/h5-26H,1-4H3. The highest BCUT2D eigenvalue weighted by Gasteiger charge is 2.43. The van der Waals surface area contributed by atoms with Gasteiger partial charge in [0.2, 0.25) is 0 Å². The van der Waals surface area contributed by atoms with Crippen molar-refractivity contribution in [3.8, 4) is 22.3 Å². The van der Waals surface area contributed by atoms with Crippen molar-refractivity contribution in [1.82, 2.24) is 0 Å². The van der Waals surface area contributed by atoms with E-state index in [1.54, 1.807) is 0 Å². The molecular weight excluding hydrogens is 585 g/mol. The Morgan fingerprint density at radius 1 is 0.396 bits per heavy atom. The Bertz CT molecular complexity index is 2340. The van der Waals surface area contributed by atoms with E-state index in [0.29, 0.717) is 11.1 Å². The molecule has 0 aromatic heterocycles. The quantitative estimate of drug-likeness (QED) is 0.184. The first-order valence-corrected chi connectivity index (χ1v) is 16.7. The van der Waals surface area contributed by atoms with Crippen molar-refractivity contribution >= 4 is 33.1 Å². The second-order valence-corrected chi connectivity index (χ2v) is 14.4. The average Bonchev–Trinajstić information content (AvgIpc) is 3.49. The monoisotopic (exact) mass is 618 g/mol. The van der Waals surface area contributed by atoms with Gasteiger partial charge >= 0.3 is 0 Å². The number of hydrogen-bond acceptors (Lipinski definition) is 2. The summed E-state index contributed by atoms with van der Waals surface area (Å²) in [6, 6.07) is 45.1. The van der Waals surface area contributed by atoms with Gasteiger partial charge in [-0.2, -0.15) is 0 Å². The summed E-state index contributed by atoms with van der Waals surface area (Å²) in [7, 11) is 0. The van der Waals surface area contributed by atoms with Crippen molar-refractivity contribution in [1.29, 1.82) is 0 Å². The zero-order chi connectivity index (χ0) is 32.9. The third kappa shape index (κ3) is 3.80. The van der Waals surface area contributed by atoms with Gasteiger partial charge in [0.05, 0.1) is 0 Å². The third-order valence-corrected chi connectivity index (χ3v) is 11.0. The number of rotatable bonds is 4. The third-order valence-electron chi connectivity index (χ3n) is 11.0. The van der Waals surface area contributed by atoms with Gasteiger partial charge in [-0.05, 0) is 90.3 Å². The molecule has 7 aromatic rings. The van der Waals surface area contributed by atoms with Crippen molar-refractivity contribution in [3.63, 3.8) is 0 Å². The molecule has 0 amide bonds. The smallest absolute Gasteiger partial charge is 0.193 e. The molecule has 0 unspecified atom stereocenters. The summed E-state index contributed by atoms with van der Waals surface area (Å²) in [5.74, 6) is 0.0949. The molecule has 2 aliphatic carbocycles. The molecule has 0 saturated carbocycles. The lowest BCUT2D eigenvalue weighted by Crippen LogP contribution is -2.17. The van der Waals surface area contributed by atoms with Crippen LogP contribution in [0.4, 0.5) is 0 Å². The fourth-order valence-electron chi connectivity index (χ4n) is 8.52. The highest BCUT2D eigenvalue weighted by Crippen LogP contribution is 2.59. The Morgan fingerprint density at radius 3 is 1.10 bits per heavy atom. The summed E-state index contributed by atoms with van der Waals surface area (Å²) in [6.07, 6.45) is 0. The molecular formula is C46H34O2. The van der Waals surface area contributed by atoms with Gasteiger partial charge in [0.15, 0.2) is 11.6 Å². The number of benzene rings is 7. The van der Waals surface area contributed by atoms with E-state index < -0.39 is 0 Å². The zero-order valence-corrected chi connectivity index (χ0v) is 27.5. The minimum Gasteiger partial charge on any atom is -0.289 e. The Kier molecular flexibility index (Phi) is 5.93. The maximum absolute atomic E-state index is 14.0. The summed E-state index contributed by atoms with van der Waals surface area (Å²) in [5, 5.41) is 4.17. The van der Waals surface area contributed by atoms with Crippen LogP contribution >= 0.6 is 0 Å². The Labute approximate surface area is 280 Å². The van der Waals surface area contributed by atoms with Gasteiger partial charge in [-0.3, -0.25) is 9.59 Å². The van der Waals surface area contributed by atoms with Gasteiger partial charge in [-0.1, -0.05) is 137 Å². The van der Waals surface area contributed by atoms with Crippen LogP contribution in [0.25, 0.3) is 43.8 Å². The molecule has 0 N–H and O–H groups in total. The first kappa shape index (κ1) is 28.6. The van der Waals surface area contributed by atoms with Crippen molar-refractivity contribution in [2.24, 2.45) is 0 Å². The number of ketones is 2. The minimum atomic E-state index is -0.332. The molecule has 0 saturated heterocycles. The van der Waals surface area contributed by atoms with Crippen LogP contribution in [0.3, 0.4) is 0 Å². The van der Waals surface area contributed by atoms with E-state index in [1.807, 2.05) is 72.8 Å². The van der Waals surface area contributed by atoms with Gasteiger partial charge in [0.1, 0.15) is 0 Å². The molecule has 0 spiro atoms. The minimum absolute atomic E-state index is 0.0474. The normalized spacial score (nSPS) is 14.8. The highest BCUT2D eigenvalue weighted by atomic mass is 16.1. The maximum atomic E-state index is 14.0. The number of fused-ring (bicyclic) bond motifs is 10. The van der Waals surface area contributed by atoms with Crippen LogP contribution in [0.5, 0.6) is 0 Å². The number of hydrogen-bond donors (Lipinski definition) is 0. The van der Waals surface area contributed by atoms with Crippen molar-refractivity contribution < 1.29 is 9.59 Å². The molecule has 230 valence electrons. The van der Waals surface area contributed by atoms with Crippen LogP contribution in [0.1, 0.15) is 81.8 Å².